The van der Waals surface area contributed by atoms with Crippen LogP contribution < -0.4 is 10.9 Å². The Morgan fingerprint density at radius 3 is 2.23 bits per heavy atom. The molecule has 0 spiro atoms. The van der Waals surface area contributed by atoms with Crippen molar-refractivity contribution in [1.82, 2.24) is 20.2 Å². The lowest BCUT2D eigenvalue weighted by atomic mass is 9.94. The third-order valence-corrected chi connectivity index (χ3v) is 7.00. The summed E-state index contributed by atoms with van der Waals surface area (Å²) in [7, 11) is 0. The number of likely N-dealkylation sites (tertiary alicyclic amines) is 1. The molecule has 1 fully saturated rings. The number of benzene rings is 2. The van der Waals surface area contributed by atoms with E-state index in [0.29, 0.717) is 11.5 Å². The van der Waals surface area contributed by atoms with Gasteiger partial charge in [-0.05, 0) is 73.7 Å². The lowest BCUT2D eigenvalue weighted by Gasteiger charge is -2.31. The zero-order valence-corrected chi connectivity index (χ0v) is 21.9. The molecule has 1 aromatic heterocycles. The number of nitrogens with zero attached hydrogens (tertiary/aromatic N) is 2. The van der Waals surface area contributed by atoms with Crippen LogP contribution >= 0.6 is 0 Å². The third-order valence-electron chi connectivity index (χ3n) is 7.00. The summed E-state index contributed by atoms with van der Waals surface area (Å²) < 4.78 is 25.3. The van der Waals surface area contributed by atoms with Crippen LogP contribution in [0.4, 0.5) is 8.78 Å². The third kappa shape index (κ3) is 7.97. The first-order valence-electron chi connectivity index (χ1n) is 13.2. The van der Waals surface area contributed by atoms with Crippen molar-refractivity contribution in [1.29, 1.82) is 0 Å². The van der Waals surface area contributed by atoms with Crippen LogP contribution in [0.15, 0.2) is 59.7 Å². The number of halogens is 2. The van der Waals surface area contributed by atoms with E-state index in [-0.39, 0.29) is 18.7 Å². The van der Waals surface area contributed by atoms with E-state index in [1.807, 2.05) is 12.1 Å². The minimum Gasteiger partial charge on any atom is -0.502 e. The average molecular weight is 551 g/mol. The normalized spacial score (nSPS) is 14.9. The van der Waals surface area contributed by atoms with Gasteiger partial charge in [-0.3, -0.25) is 14.5 Å². The van der Waals surface area contributed by atoms with Gasteiger partial charge in [0, 0.05) is 24.3 Å². The number of carbonyl (C=O) groups is 1. The van der Waals surface area contributed by atoms with Gasteiger partial charge in [0.15, 0.2) is 0 Å². The molecule has 1 amide bonds. The number of carbonyl (C=O) groups excluding carboxylic acids is 1. The number of aromatic nitrogens is 2. The summed E-state index contributed by atoms with van der Waals surface area (Å²) >= 11 is 0. The van der Waals surface area contributed by atoms with Crippen molar-refractivity contribution < 1.29 is 23.8 Å². The summed E-state index contributed by atoms with van der Waals surface area (Å²) in [5.74, 6) is 4.04. The van der Waals surface area contributed by atoms with Gasteiger partial charge in [-0.15, -0.1) is 0 Å². The molecule has 0 bridgehead atoms. The van der Waals surface area contributed by atoms with Gasteiger partial charge in [-0.2, -0.15) is 0 Å². The van der Waals surface area contributed by atoms with Gasteiger partial charge in [0.2, 0.25) is 11.7 Å². The van der Waals surface area contributed by atoms with Crippen molar-refractivity contribution in [2.75, 3.05) is 26.2 Å². The molecule has 210 valence electrons. The smallest absolute Gasteiger partial charge is 0.293 e. The minimum absolute atomic E-state index is 0.0337. The lowest BCUT2D eigenvalue weighted by Crippen LogP contribution is -2.34. The molecule has 10 heteroatoms. The Hall–Kier alpha value is -4.07. The largest absolute Gasteiger partial charge is 0.502 e. The van der Waals surface area contributed by atoms with E-state index in [1.165, 1.54) is 5.56 Å². The number of aromatic hydroxyl groups is 1. The number of nitrogens with one attached hydrogen (secondary N) is 2. The molecule has 0 saturated carbocycles. The van der Waals surface area contributed by atoms with Crippen LogP contribution in [0.2, 0.25) is 0 Å². The summed E-state index contributed by atoms with van der Waals surface area (Å²) in [6, 6.07) is 15.2. The molecule has 0 radical (unpaired) electrons. The molecule has 1 unspecified atom stereocenters. The SMILES string of the molecule is O=C(NCC(F)F)C(Cc1ccc(C#Cc2ccc(CN3CCC(CO)CC3)cc2)cc1)c1nc[nH]c(=O)c1O. The zero-order valence-electron chi connectivity index (χ0n) is 21.9. The monoisotopic (exact) mass is 550 g/mol. The molecule has 1 aliphatic rings. The predicted octanol–water partition coefficient (Wildman–Crippen LogP) is 2.79. The molecule has 3 aromatic rings. The number of H-pyrrole nitrogens is 1. The van der Waals surface area contributed by atoms with Crippen LogP contribution in [-0.2, 0) is 17.8 Å². The fourth-order valence-corrected chi connectivity index (χ4v) is 4.66. The number of aliphatic hydroxyl groups excluding tert-OH is 1. The van der Waals surface area contributed by atoms with E-state index in [1.54, 1.807) is 24.3 Å². The van der Waals surface area contributed by atoms with E-state index in [2.05, 4.69) is 44.2 Å². The highest BCUT2D eigenvalue weighted by Gasteiger charge is 2.27. The highest BCUT2D eigenvalue weighted by molar-refractivity contribution is 5.84. The van der Waals surface area contributed by atoms with Crippen LogP contribution in [0.3, 0.4) is 0 Å². The molecule has 2 heterocycles. The topological polar surface area (TPSA) is 119 Å². The Labute approximate surface area is 231 Å². The molecule has 40 heavy (non-hydrogen) atoms. The molecule has 0 aliphatic carbocycles. The number of rotatable bonds is 9. The maximum absolute atomic E-state index is 12.7. The van der Waals surface area contributed by atoms with Gasteiger partial charge in [-0.25, -0.2) is 13.8 Å². The summed E-state index contributed by atoms with van der Waals surface area (Å²) in [5.41, 5.74) is 2.51. The van der Waals surface area contributed by atoms with E-state index in [0.717, 1.165) is 49.9 Å². The number of aliphatic hydroxyl groups is 1. The molecular formula is C30H32F2N4O4. The van der Waals surface area contributed by atoms with Crippen molar-refractivity contribution in [3.8, 4) is 17.6 Å². The molecular weight excluding hydrogens is 518 g/mol. The first-order chi connectivity index (χ1) is 19.3. The second-order valence-electron chi connectivity index (χ2n) is 9.90. The number of amides is 1. The maximum Gasteiger partial charge on any atom is 0.293 e. The van der Waals surface area contributed by atoms with Crippen LogP contribution in [-0.4, -0.2) is 63.7 Å². The van der Waals surface area contributed by atoms with Gasteiger partial charge in [0.25, 0.3) is 12.0 Å². The van der Waals surface area contributed by atoms with Gasteiger partial charge < -0.3 is 20.5 Å². The molecule has 1 atom stereocenters. The number of alkyl halides is 2. The second-order valence-corrected chi connectivity index (χ2v) is 9.90. The van der Waals surface area contributed by atoms with Gasteiger partial charge in [-0.1, -0.05) is 36.1 Å². The molecule has 4 N–H and O–H groups in total. The van der Waals surface area contributed by atoms with Gasteiger partial charge in [0.1, 0.15) is 5.69 Å². The summed E-state index contributed by atoms with van der Waals surface area (Å²) in [6.45, 7) is 2.27. The van der Waals surface area contributed by atoms with Crippen LogP contribution in [0, 0.1) is 17.8 Å². The highest BCUT2D eigenvalue weighted by atomic mass is 19.3. The molecule has 1 saturated heterocycles. The van der Waals surface area contributed by atoms with Crippen molar-refractivity contribution in [2.45, 2.75) is 38.2 Å². The minimum atomic E-state index is -2.74. The standard InChI is InChI=1S/C30H32F2N4O4/c31-26(32)16-33-29(39)25(27-28(38)30(40)35-19-34-27)15-22-7-3-20(4-8-22)1-2-21-5-9-23(10-6-21)17-36-13-11-24(18-37)12-14-36/h3-10,19,24-26,37-38H,11-18H2,(H,33,39)(H,34,35,40). The number of aromatic amines is 1. The molecule has 4 rings (SSSR count). The summed E-state index contributed by atoms with van der Waals surface area (Å²) in [4.78, 5) is 33.0. The molecule has 2 aromatic carbocycles. The zero-order chi connectivity index (χ0) is 28.5. The van der Waals surface area contributed by atoms with E-state index in [4.69, 9.17) is 0 Å². The number of hydrogen-bond acceptors (Lipinski definition) is 6. The fourth-order valence-electron chi connectivity index (χ4n) is 4.66. The first-order valence-corrected chi connectivity index (χ1v) is 13.2. The average Bonchev–Trinajstić information content (AvgIpc) is 2.97. The Morgan fingerprint density at radius 2 is 1.65 bits per heavy atom. The Bertz CT molecular complexity index is 1390. The van der Waals surface area contributed by atoms with Crippen LogP contribution in [0.25, 0.3) is 0 Å². The van der Waals surface area contributed by atoms with Gasteiger partial charge >= 0.3 is 0 Å². The van der Waals surface area contributed by atoms with Gasteiger partial charge in [0.05, 0.1) is 18.8 Å². The lowest BCUT2D eigenvalue weighted by molar-refractivity contribution is -0.123. The van der Waals surface area contributed by atoms with Crippen molar-refractivity contribution >= 4 is 5.91 Å². The highest BCUT2D eigenvalue weighted by Crippen LogP contribution is 2.25. The van der Waals surface area contributed by atoms with E-state index < -0.39 is 36.1 Å². The summed E-state index contributed by atoms with van der Waals surface area (Å²) in [5, 5.41) is 21.6. The molecule has 8 nitrogen and oxygen atoms in total. The first kappa shape index (κ1) is 28.9. The quantitative estimate of drug-likeness (QED) is 0.305. The predicted molar refractivity (Wildman–Crippen MR) is 146 cm³/mol. The van der Waals surface area contributed by atoms with Crippen molar-refractivity contribution in [2.24, 2.45) is 5.92 Å². The fraction of sp³-hybridized carbons (Fsp3) is 0.367. The summed E-state index contributed by atoms with van der Waals surface area (Å²) in [6.07, 6.45) is 0.394. The van der Waals surface area contributed by atoms with Crippen LogP contribution in [0.1, 0.15) is 46.7 Å². The maximum atomic E-state index is 12.7. The van der Waals surface area contributed by atoms with Crippen LogP contribution in [0.5, 0.6) is 5.75 Å². The Kier molecular flexibility index (Phi) is 10.00. The molecule has 1 aliphatic heterocycles. The number of hydrogen-bond donors (Lipinski definition) is 4. The number of piperidine rings is 1. The van der Waals surface area contributed by atoms with E-state index in [9.17, 15) is 28.6 Å². The van der Waals surface area contributed by atoms with Crippen molar-refractivity contribution in [3.05, 3.63) is 93.2 Å². The Balaban J connectivity index is 1.40. The second kappa shape index (κ2) is 13.8. The Morgan fingerprint density at radius 1 is 1.05 bits per heavy atom. The van der Waals surface area contributed by atoms with Crippen molar-refractivity contribution in [3.63, 3.8) is 0 Å². The van der Waals surface area contributed by atoms with E-state index >= 15 is 0 Å².